The normalized spacial score (nSPS) is 12.8. The summed E-state index contributed by atoms with van der Waals surface area (Å²) in [5.74, 6) is -0.378. The Kier molecular flexibility index (Phi) is 7.13. The van der Waals surface area contributed by atoms with Crippen molar-refractivity contribution in [2.24, 2.45) is 4.99 Å². The Morgan fingerprint density at radius 3 is 2.23 bits per heavy atom. The quantitative estimate of drug-likeness (QED) is 0.522. The monoisotopic (exact) mass is 459 g/mol. The molecule has 166 valence electrons. The molecule has 0 saturated heterocycles. The zero-order valence-corrected chi connectivity index (χ0v) is 20.3. The van der Waals surface area contributed by atoms with E-state index in [4.69, 9.17) is 0 Å². The molecule has 6 nitrogen and oxygen atoms in total. The van der Waals surface area contributed by atoms with Crippen LogP contribution in [0.25, 0.3) is 10.2 Å². The highest BCUT2D eigenvalue weighted by Gasteiger charge is 2.21. The molecule has 0 unspecified atom stereocenters. The van der Waals surface area contributed by atoms with Crippen LogP contribution in [0.1, 0.15) is 48.7 Å². The minimum atomic E-state index is -3.55. The topological polar surface area (TPSA) is 71.7 Å². The first-order valence-electron chi connectivity index (χ1n) is 10.5. The van der Waals surface area contributed by atoms with Crippen molar-refractivity contribution in [3.05, 3.63) is 57.9 Å². The van der Waals surface area contributed by atoms with Crippen molar-refractivity contribution in [2.75, 3.05) is 13.1 Å². The highest BCUT2D eigenvalue weighted by molar-refractivity contribution is 7.89. The number of hydrogen-bond donors (Lipinski definition) is 0. The number of rotatable bonds is 7. The summed E-state index contributed by atoms with van der Waals surface area (Å²) in [4.78, 5) is 18.1. The lowest BCUT2D eigenvalue weighted by Crippen LogP contribution is -2.30. The predicted octanol–water partition coefficient (Wildman–Crippen LogP) is 4.50. The molecule has 0 aliphatic carbocycles. The Morgan fingerprint density at radius 1 is 1.03 bits per heavy atom. The zero-order valence-electron chi connectivity index (χ0n) is 18.7. The average molecular weight is 460 g/mol. The first-order chi connectivity index (χ1) is 14.7. The molecule has 0 bridgehead atoms. The summed E-state index contributed by atoms with van der Waals surface area (Å²) in [5.41, 5.74) is 3.87. The first-order valence-corrected chi connectivity index (χ1v) is 12.8. The van der Waals surface area contributed by atoms with Crippen LogP contribution in [0.4, 0.5) is 0 Å². The van der Waals surface area contributed by atoms with Crippen LogP contribution in [0.2, 0.25) is 0 Å². The number of amides is 1. The Labute approximate surface area is 187 Å². The number of aryl methyl sites for hydroxylation is 3. The number of benzene rings is 2. The van der Waals surface area contributed by atoms with Gasteiger partial charge >= 0.3 is 0 Å². The fourth-order valence-corrected chi connectivity index (χ4v) is 6.07. The van der Waals surface area contributed by atoms with E-state index >= 15 is 0 Å². The molecular weight excluding hydrogens is 430 g/mol. The number of thiazole rings is 1. The van der Waals surface area contributed by atoms with E-state index in [-0.39, 0.29) is 10.8 Å². The molecule has 0 spiro atoms. The lowest BCUT2D eigenvalue weighted by atomic mass is 10.1. The maximum Gasteiger partial charge on any atom is 0.279 e. The predicted molar refractivity (Wildman–Crippen MR) is 126 cm³/mol. The van der Waals surface area contributed by atoms with Crippen LogP contribution in [-0.2, 0) is 16.6 Å². The third-order valence-electron chi connectivity index (χ3n) is 5.39. The highest BCUT2D eigenvalue weighted by atomic mass is 32.2. The van der Waals surface area contributed by atoms with E-state index in [2.05, 4.69) is 42.5 Å². The molecule has 1 amide bonds. The van der Waals surface area contributed by atoms with Crippen LogP contribution in [0.3, 0.4) is 0 Å². The van der Waals surface area contributed by atoms with Gasteiger partial charge in [0.15, 0.2) is 4.80 Å². The van der Waals surface area contributed by atoms with Crippen LogP contribution in [0.15, 0.2) is 46.3 Å². The van der Waals surface area contributed by atoms with Gasteiger partial charge in [0, 0.05) is 25.2 Å². The number of sulfonamides is 1. The smallest absolute Gasteiger partial charge is 0.279 e. The largest absolute Gasteiger partial charge is 0.316 e. The van der Waals surface area contributed by atoms with E-state index < -0.39 is 10.0 Å². The van der Waals surface area contributed by atoms with Gasteiger partial charge in [0.05, 0.1) is 15.1 Å². The summed E-state index contributed by atoms with van der Waals surface area (Å²) < 4.78 is 29.9. The molecule has 1 aromatic heterocycles. The second kappa shape index (κ2) is 9.46. The van der Waals surface area contributed by atoms with Crippen molar-refractivity contribution in [3.63, 3.8) is 0 Å². The van der Waals surface area contributed by atoms with Gasteiger partial charge in [-0.3, -0.25) is 4.79 Å². The number of aromatic nitrogens is 1. The van der Waals surface area contributed by atoms with Gasteiger partial charge in [-0.25, -0.2) is 8.42 Å². The minimum absolute atomic E-state index is 0.182. The lowest BCUT2D eigenvalue weighted by Gasteiger charge is -2.18. The molecule has 1 heterocycles. The third-order valence-corrected chi connectivity index (χ3v) is 8.49. The van der Waals surface area contributed by atoms with Crippen molar-refractivity contribution in [2.45, 2.75) is 52.5 Å². The molecule has 3 rings (SSSR count). The van der Waals surface area contributed by atoms with Crippen molar-refractivity contribution in [1.82, 2.24) is 8.87 Å². The van der Waals surface area contributed by atoms with Gasteiger partial charge in [-0.2, -0.15) is 9.30 Å². The van der Waals surface area contributed by atoms with Crippen molar-refractivity contribution in [1.29, 1.82) is 0 Å². The molecule has 3 aromatic rings. The maximum atomic E-state index is 12.9. The van der Waals surface area contributed by atoms with Crippen LogP contribution in [0, 0.1) is 13.8 Å². The lowest BCUT2D eigenvalue weighted by molar-refractivity contribution is 0.0997. The van der Waals surface area contributed by atoms with Gasteiger partial charge in [-0.1, -0.05) is 32.1 Å². The van der Waals surface area contributed by atoms with Gasteiger partial charge in [0.1, 0.15) is 0 Å². The third kappa shape index (κ3) is 4.66. The van der Waals surface area contributed by atoms with Gasteiger partial charge < -0.3 is 4.57 Å². The van der Waals surface area contributed by atoms with Gasteiger partial charge in [0.2, 0.25) is 10.0 Å². The maximum absolute atomic E-state index is 12.9. The highest BCUT2D eigenvalue weighted by Crippen LogP contribution is 2.22. The summed E-state index contributed by atoms with van der Waals surface area (Å²) in [6.07, 6.45) is 0.929. The number of fused-ring (bicyclic) bond motifs is 1. The Morgan fingerprint density at radius 2 is 1.65 bits per heavy atom. The Balaban J connectivity index is 2.01. The molecule has 0 radical (unpaired) electrons. The molecule has 0 atom stereocenters. The molecule has 2 aromatic carbocycles. The SMILES string of the molecule is CCCn1c(=NC(=O)c2ccc(S(=O)(=O)N(CC)CC)cc2)sc2cc(C)c(C)cc21. The molecule has 0 saturated carbocycles. The van der Waals surface area contributed by atoms with Crippen LogP contribution in [-0.4, -0.2) is 36.3 Å². The second-order valence-electron chi connectivity index (χ2n) is 7.47. The van der Waals surface area contributed by atoms with Crippen molar-refractivity contribution >= 4 is 37.5 Å². The van der Waals surface area contributed by atoms with Crippen molar-refractivity contribution < 1.29 is 13.2 Å². The van der Waals surface area contributed by atoms with Crippen molar-refractivity contribution in [3.8, 4) is 0 Å². The summed E-state index contributed by atoms with van der Waals surface area (Å²) in [5, 5.41) is 0. The van der Waals surface area contributed by atoms with E-state index in [1.807, 2.05) is 0 Å². The standard InChI is InChI=1S/C23H29N3O3S2/c1-6-13-26-20-14-16(4)17(5)15-21(20)30-23(26)24-22(27)18-9-11-19(12-10-18)31(28,29)25(7-2)8-3/h9-12,14-15H,6-8,13H2,1-5H3. The second-order valence-corrected chi connectivity index (χ2v) is 10.4. The van der Waals surface area contributed by atoms with E-state index in [0.717, 1.165) is 23.2 Å². The number of carbonyl (C=O) groups excluding carboxylic acids is 1. The van der Waals surface area contributed by atoms with E-state index in [1.54, 1.807) is 13.8 Å². The summed E-state index contributed by atoms with van der Waals surface area (Å²) in [6, 6.07) is 10.3. The molecule has 0 aliphatic heterocycles. The summed E-state index contributed by atoms with van der Waals surface area (Å²) in [6.45, 7) is 11.4. The number of carbonyl (C=O) groups is 1. The average Bonchev–Trinajstić information content (AvgIpc) is 3.05. The fourth-order valence-electron chi connectivity index (χ4n) is 3.48. The van der Waals surface area contributed by atoms with Crippen LogP contribution >= 0.6 is 11.3 Å². The van der Waals surface area contributed by atoms with E-state index in [9.17, 15) is 13.2 Å². The number of nitrogens with zero attached hydrogens (tertiary/aromatic N) is 3. The van der Waals surface area contributed by atoms with E-state index in [1.165, 1.54) is 51.0 Å². The molecule has 0 aliphatic rings. The molecule has 0 fully saturated rings. The first kappa shape index (κ1) is 23.4. The Bertz CT molecular complexity index is 1270. The summed E-state index contributed by atoms with van der Waals surface area (Å²) >= 11 is 1.50. The zero-order chi connectivity index (χ0) is 22.8. The van der Waals surface area contributed by atoms with Gasteiger partial charge in [-0.05, 0) is 67.8 Å². The Hall–Kier alpha value is -2.29. The minimum Gasteiger partial charge on any atom is -0.316 e. The number of hydrogen-bond acceptors (Lipinski definition) is 4. The van der Waals surface area contributed by atoms with Crippen LogP contribution in [0.5, 0.6) is 0 Å². The molecular formula is C23H29N3O3S2. The molecule has 8 heteroatoms. The molecule has 0 N–H and O–H groups in total. The molecule has 31 heavy (non-hydrogen) atoms. The van der Waals surface area contributed by atoms with Gasteiger partial charge in [-0.15, -0.1) is 0 Å². The van der Waals surface area contributed by atoms with Crippen LogP contribution < -0.4 is 4.80 Å². The fraction of sp³-hybridized carbons (Fsp3) is 0.391. The van der Waals surface area contributed by atoms with Gasteiger partial charge in [0.25, 0.3) is 5.91 Å². The van der Waals surface area contributed by atoms with E-state index in [0.29, 0.717) is 23.5 Å². The summed E-state index contributed by atoms with van der Waals surface area (Å²) in [7, 11) is -3.55.